The number of nitrogens with two attached hydrogens (primary N) is 1. The molecule has 0 radical (unpaired) electrons. The number of nitrogens with one attached hydrogen (secondary N) is 1. The Bertz CT molecular complexity index is 272. The predicted molar refractivity (Wildman–Crippen MR) is 87.6 cm³/mol. The van der Waals surface area contributed by atoms with Crippen LogP contribution >= 0.6 is 0 Å². The topological polar surface area (TPSA) is 55.1 Å². The van der Waals surface area contributed by atoms with Gasteiger partial charge in [0.2, 0.25) is 5.91 Å². The maximum atomic E-state index is 11.9. The number of amides is 1. The molecule has 0 bridgehead atoms. The molecule has 20 heavy (non-hydrogen) atoms. The quantitative estimate of drug-likeness (QED) is 0.566. The van der Waals surface area contributed by atoms with E-state index in [4.69, 9.17) is 5.73 Å². The first kappa shape index (κ1) is 19.4. The molecule has 0 aliphatic heterocycles. The van der Waals surface area contributed by atoms with Gasteiger partial charge in [-0.15, -0.1) is 0 Å². The van der Waals surface area contributed by atoms with Gasteiger partial charge in [-0.25, -0.2) is 0 Å². The van der Waals surface area contributed by atoms with Crippen LogP contribution in [0.25, 0.3) is 0 Å². The van der Waals surface area contributed by atoms with Crippen LogP contribution in [-0.4, -0.2) is 19.0 Å². The molecule has 0 heterocycles. The number of rotatable bonds is 11. The van der Waals surface area contributed by atoms with Gasteiger partial charge in [0, 0.05) is 13.0 Å². The van der Waals surface area contributed by atoms with Gasteiger partial charge >= 0.3 is 0 Å². The lowest BCUT2D eigenvalue weighted by Gasteiger charge is -2.26. The minimum atomic E-state index is 0.169. The lowest BCUT2D eigenvalue weighted by Crippen LogP contribution is -2.34. The molecule has 0 aliphatic rings. The van der Waals surface area contributed by atoms with Crippen molar-refractivity contribution >= 4 is 5.91 Å². The summed E-state index contributed by atoms with van der Waals surface area (Å²) in [5, 5.41) is 3.09. The maximum Gasteiger partial charge on any atom is 0.220 e. The highest BCUT2D eigenvalue weighted by Crippen LogP contribution is 2.26. The van der Waals surface area contributed by atoms with Crippen LogP contribution < -0.4 is 11.1 Å². The van der Waals surface area contributed by atoms with Crippen molar-refractivity contribution in [3.8, 4) is 0 Å². The molecule has 0 aromatic carbocycles. The van der Waals surface area contributed by atoms with Gasteiger partial charge in [0.05, 0.1) is 0 Å². The van der Waals surface area contributed by atoms with Crippen LogP contribution in [0.15, 0.2) is 0 Å². The maximum absolute atomic E-state index is 11.9. The van der Waals surface area contributed by atoms with Crippen LogP contribution in [0.3, 0.4) is 0 Å². The van der Waals surface area contributed by atoms with E-state index >= 15 is 0 Å². The molecule has 3 heteroatoms. The fourth-order valence-corrected chi connectivity index (χ4v) is 2.34. The van der Waals surface area contributed by atoms with Crippen molar-refractivity contribution in [2.45, 2.75) is 79.6 Å². The zero-order chi connectivity index (χ0) is 15.6. The molecular weight excluding hydrogens is 248 g/mol. The average molecular weight is 284 g/mol. The van der Waals surface area contributed by atoms with E-state index in [1.165, 1.54) is 25.7 Å². The molecule has 0 spiro atoms. The summed E-state index contributed by atoms with van der Waals surface area (Å²) in [4.78, 5) is 11.9. The molecule has 0 atom stereocenters. The Kier molecular flexibility index (Phi) is 9.11. The van der Waals surface area contributed by atoms with Gasteiger partial charge in [-0.05, 0) is 36.6 Å². The standard InChI is InChI=1S/C17H36N2O/c1-6-7-8-10-17(4,5)14-19-15(20)9-11-16(2,3)12-13-18/h6-14,18H2,1-5H3,(H,19,20). The lowest BCUT2D eigenvalue weighted by molar-refractivity contribution is -0.122. The molecule has 3 N–H and O–H groups in total. The highest BCUT2D eigenvalue weighted by Gasteiger charge is 2.21. The molecule has 0 rings (SSSR count). The normalized spacial score (nSPS) is 12.5. The molecule has 0 aromatic heterocycles. The summed E-state index contributed by atoms with van der Waals surface area (Å²) < 4.78 is 0. The number of hydrogen-bond donors (Lipinski definition) is 2. The Labute approximate surface area is 126 Å². The van der Waals surface area contributed by atoms with E-state index in [2.05, 4.69) is 39.9 Å². The summed E-state index contributed by atoms with van der Waals surface area (Å²) in [6.07, 6.45) is 7.46. The second-order valence-electron chi connectivity index (χ2n) is 7.60. The third kappa shape index (κ3) is 10.2. The molecule has 1 amide bonds. The van der Waals surface area contributed by atoms with E-state index in [0.29, 0.717) is 13.0 Å². The van der Waals surface area contributed by atoms with E-state index in [-0.39, 0.29) is 16.7 Å². The van der Waals surface area contributed by atoms with Crippen LogP contribution in [0.2, 0.25) is 0 Å². The van der Waals surface area contributed by atoms with Crippen LogP contribution in [0, 0.1) is 10.8 Å². The largest absolute Gasteiger partial charge is 0.356 e. The van der Waals surface area contributed by atoms with Gasteiger partial charge in [-0.2, -0.15) is 0 Å². The van der Waals surface area contributed by atoms with Crippen molar-refractivity contribution in [1.29, 1.82) is 0 Å². The molecule has 120 valence electrons. The van der Waals surface area contributed by atoms with Gasteiger partial charge in [-0.1, -0.05) is 53.9 Å². The first-order chi connectivity index (χ1) is 9.22. The zero-order valence-corrected chi connectivity index (χ0v) is 14.3. The fourth-order valence-electron chi connectivity index (χ4n) is 2.34. The summed E-state index contributed by atoms with van der Waals surface area (Å²) in [6.45, 7) is 12.5. The van der Waals surface area contributed by atoms with E-state index in [9.17, 15) is 4.79 Å². The summed E-state index contributed by atoms with van der Waals surface area (Å²) in [7, 11) is 0. The van der Waals surface area contributed by atoms with Crippen molar-refractivity contribution in [3.63, 3.8) is 0 Å². The number of hydrogen-bond acceptors (Lipinski definition) is 2. The smallest absolute Gasteiger partial charge is 0.220 e. The molecular formula is C17H36N2O. The number of unbranched alkanes of at least 4 members (excludes halogenated alkanes) is 2. The highest BCUT2D eigenvalue weighted by molar-refractivity contribution is 5.75. The van der Waals surface area contributed by atoms with Crippen LogP contribution in [-0.2, 0) is 4.79 Å². The Morgan fingerprint density at radius 2 is 1.65 bits per heavy atom. The van der Waals surface area contributed by atoms with Crippen LogP contribution in [0.5, 0.6) is 0 Å². The average Bonchev–Trinajstić information content (AvgIpc) is 2.34. The van der Waals surface area contributed by atoms with E-state index in [0.717, 1.165) is 19.4 Å². The highest BCUT2D eigenvalue weighted by atomic mass is 16.1. The van der Waals surface area contributed by atoms with Crippen molar-refractivity contribution in [2.24, 2.45) is 16.6 Å². The lowest BCUT2D eigenvalue weighted by atomic mass is 9.84. The molecule has 0 aliphatic carbocycles. The fraction of sp³-hybridized carbons (Fsp3) is 0.941. The molecule has 0 aromatic rings. The summed E-state index contributed by atoms with van der Waals surface area (Å²) >= 11 is 0. The Hall–Kier alpha value is -0.570. The first-order valence-corrected chi connectivity index (χ1v) is 8.19. The second kappa shape index (κ2) is 9.38. The van der Waals surface area contributed by atoms with Crippen molar-refractivity contribution in [3.05, 3.63) is 0 Å². The van der Waals surface area contributed by atoms with Crippen molar-refractivity contribution in [1.82, 2.24) is 5.32 Å². The third-order valence-corrected chi connectivity index (χ3v) is 4.07. The number of carbonyl (C=O) groups is 1. The minimum absolute atomic E-state index is 0.169. The van der Waals surface area contributed by atoms with Gasteiger partial charge < -0.3 is 11.1 Å². The van der Waals surface area contributed by atoms with Crippen molar-refractivity contribution in [2.75, 3.05) is 13.1 Å². The van der Waals surface area contributed by atoms with Crippen LogP contribution in [0.1, 0.15) is 79.6 Å². The zero-order valence-electron chi connectivity index (χ0n) is 14.3. The van der Waals surface area contributed by atoms with Gasteiger partial charge in [-0.3, -0.25) is 4.79 Å². The Morgan fingerprint density at radius 3 is 2.20 bits per heavy atom. The third-order valence-electron chi connectivity index (χ3n) is 4.07. The van der Waals surface area contributed by atoms with Gasteiger partial charge in [0.1, 0.15) is 0 Å². The molecule has 3 nitrogen and oxygen atoms in total. The molecule has 0 saturated carbocycles. The summed E-state index contributed by atoms with van der Waals surface area (Å²) in [5.74, 6) is 0.179. The molecule has 0 unspecified atom stereocenters. The SMILES string of the molecule is CCCCCC(C)(C)CNC(=O)CCC(C)(C)CCN. The first-order valence-electron chi connectivity index (χ1n) is 8.19. The predicted octanol–water partition coefficient (Wildman–Crippen LogP) is 3.86. The van der Waals surface area contributed by atoms with E-state index in [1.807, 2.05) is 0 Å². The number of carbonyl (C=O) groups excluding carboxylic acids is 1. The molecule has 0 saturated heterocycles. The Morgan fingerprint density at radius 1 is 1.00 bits per heavy atom. The van der Waals surface area contributed by atoms with Crippen molar-refractivity contribution < 1.29 is 4.79 Å². The van der Waals surface area contributed by atoms with Crippen LogP contribution in [0.4, 0.5) is 0 Å². The minimum Gasteiger partial charge on any atom is -0.356 e. The van der Waals surface area contributed by atoms with Gasteiger partial charge in [0.25, 0.3) is 0 Å². The second-order valence-corrected chi connectivity index (χ2v) is 7.60. The molecule has 0 fully saturated rings. The summed E-state index contributed by atoms with van der Waals surface area (Å²) in [5.41, 5.74) is 5.97. The monoisotopic (exact) mass is 284 g/mol. The summed E-state index contributed by atoms with van der Waals surface area (Å²) in [6, 6.07) is 0. The van der Waals surface area contributed by atoms with Gasteiger partial charge in [0.15, 0.2) is 0 Å². The van der Waals surface area contributed by atoms with E-state index < -0.39 is 0 Å². The Balaban J connectivity index is 3.92. The van der Waals surface area contributed by atoms with E-state index in [1.54, 1.807) is 0 Å².